The number of nitrogens with one attached hydrogen (secondary N) is 1. The van der Waals surface area contributed by atoms with Gasteiger partial charge in [-0.15, -0.1) is 0 Å². The highest BCUT2D eigenvalue weighted by Gasteiger charge is 2.44. The summed E-state index contributed by atoms with van der Waals surface area (Å²) in [6.45, 7) is 3.80. The minimum atomic E-state index is -4.07. The van der Waals surface area contributed by atoms with Crippen LogP contribution in [0.4, 0.5) is 11.4 Å². The van der Waals surface area contributed by atoms with Crippen molar-refractivity contribution in [1.29, 1.82) is 0 Å². The van der Waals surface area contributed by atoms with Crippen molar-refractivity contribution >= 4 is 44.9 Å². The largest absolute Gasteiger partial charge is 0.369 e. The number of rotatable bonds is 4. The fourth-order valence-corrected chi connectivity index (χ4v) is 6.39. The van der Waals surface area contributed by atoms with E-state index in [1.165, 1.54) is 0 Å². The van der Waals surface area contributed by atoms with E-state index in [0.29, 0.717) is 24.2 Å². The molecule has 8 nitrogen and oxygen atoms in total. The van der Waals surface area contributed by atoms with Crippen molar-refractivity contribution in [2.75, 3.05) is 9.62 Å². The van der Waals surface area contributed by atoms with E-state index in [0.717, 1.165) is 30.4 Å². The summed E-state index contributed by atoms with van der Waals surface area (Å²) in [5, 5.41) is 0.0843. The monoisotopic (exact) mass is 474 g/mol. The summed E-state index contributed by atoms with van der Waals surface area (Å²) in [5.74, 6) is 0.199. The van der Waals surface area contributed by atoms with Crippen molar-refractivity contribution in [1.82, 2.24) is 0 Å². The molecule has 2 aromatic carbocycles. The number of nitrogens with zero attached hydrogens (tertiary/aromatic N) is 3. The number of halogens is 1. The Morgan fingerprint density at radius 3 is 2.50 bits per heavy atom. The lowest BCUT2D eigenvalue weighted by Crippen LogP contribution is -2.58. The van der Waals surface area contributed by atoms with Gasteiger partial charge in [0.15, 0.2) is 0 Å². The second-order valence-electron chi connectivity index (χ2n) is 8.33. The molecule has 0 atom stereocenters. The Morgan fingerprint density at radius 2 is 1.81 bits per heavy atom. The molecule has 1 spiro atoms. The molecule has 170 valence electrons. The zero-order chi connectivity index (χ0) is 23.1. The van der Waals surface area contributed by atoms with Crippen LogP contribution in [0.15, 0.2) is 51.3 Å². The number of anilines is 2. The van der Waals surface area contributed by atoms with Crippen LogP contribution in [0.2, 0.25) is 5.02 Å². The second-order valence-corrected chi connectivity index (χ2v) is 10.4. The number of aryl methyl sites for hydroxylation is 2. The molecule has 32 heavy (non-hydrogen) atoms. The summed E-state index contributed by atoms with van der Waals surface area (Å²) < 4.78 is 29.9. The molecule has 5 N–H and O–H groups in total. The van der Waals surface area contributed by atoms with Crippen LogP contribution in [0.25, 0.3) is 0 Å². The molecule has 0 saturated heterocycles. The van der Waals surface area contributed by atoms with Crippen molar-refractivity contribution < 1.29 is 8.42 Å². The SMILES string of the molecule is Cc1ccc(NS(=O)(=O)c2c(Cl)cccc2N2C(N)=NC(N)=NC23CCCCC3)c(C)c1. The first-order valence-corrected chi connectivity index (χ1v) is 12.4. The average Bonchev–Trinajstić information content (AvgIpc) is 2.70. The van der Waals surface area contributed by atoms with Gasteiger partial charge in [-0.2, -0.15) is 4.99 Å². The maximum absolute atomic E-state index is 13.6. The van der Waals surface area contributed by atoms with E-state index in [1.807, 2.05) is 26.0 Å². The van der Waals surface area contributed by atoms with E-state index < -0.39 is 15.7 Å². The second kappa shape index (κ2) is 8.29. The molecule has 1 fully saturated rings. The molecule has 0 unspecified atom stereocenters. The molecule has 0 amide bonds. The lowest BCUT2D eigenvalue weighted by molar-refractivity contribution is 0.305. The molecule has 1 aliphatic heterocycles. The van der Waals surface area contributed by atoms with Crippen molar-refractivity contribution in [3.8, 4) is 0 Å². The molecule has 2 aliphatic rings. The van der Waals surface area contributed by atoms with Gasteiger partial charge in [-0.3, -0.25) is 9.62 Å². The van der Waals surface area contributed by atoms with Crippen LogP contribution in [0.3, 0.4) is 0 Å². The summed E-state index contributed by atoms with van der Waals surface area (Å²) >= 11 is 6.48. The fourth-order valence-electron chi connectivity index (χ4n) is 4.53. The van der Waals surface area contributed by atoms with E-state index in [-0.39, 0.29) is 21.8 Å². The predicted molar refractivity (Wildman–Crippen MR) is 130 cm³/mol. The third-order valence-corrected chi connectivity index (χ3v) is 7.82. The number of hydrogen-bond acceptors (Lipinski definition) is 7. The first-order valence-electron chi connectivity index (χ1n) is 10.5. The molecular formula is C22H27ClN6O2S. The van der Waals surface area contributed by atoms with Gasteiger partial charge >= 0.3 is 0 Å². The Labute approximate surface area is 193 Å². The maximum Gasteiger partial charge on any atom is 0.265 e. The Bertz CT molecular complexity index is 1220. The van der Waals surface area contributed by atoms with Crippen LogP contribution in [0, 0.1) is 13.8 Å². The smallest absolute Gasteiger partial charge is 0.265 e. The van der Waals surface area contributed by atoms with E-state index in [1.54, 1.807) is 29.2 Å². The molecule has 4 rings (SSSR count). The topological polar surface area (TPSA) is 126 Å². The lowest BCUT2D eigenvalue weighted by Gasteiger charge is -2.46. The number of nitrogens with two attached hydrogens (primary N) is 2. The van der Waals surface area contributed by atoms with E-state index >= 15 is 0 Å². The Kier molecular flexibility index (Phi) is 5.81. The first-order chi connectivity index (χ1) is 15.1. The minimum absolute atomic E-state index is 0.0691. The van der Waals surface area contributed by atoms with Crippen molar-refractivity contribution in [2.45, 2.75) is 56.5 Å². The molecule has 1 saturated carbocycles. The summed E-state index contributed by atoms with van der Waals surface area (Å²) in [6, 6.07) is 10.4. The standard InChI is InChI=1S/C22H27ClN6O2S/c1-14-9-10-17(15(2)13-14)28-32(30,31)19-16(23)7-6-8-18(19)29-21(25)26-20(24)27-22(29)11-4-3-5-12-22/h6-10,13,28H,3-5,11-12H2,1-2H3,(H4,24,25,26,27). The highest BCUT2D eigenvalue weighted by Crippen LogP contribution is 2.43. The summed E-state index contributed by atoms with van der Waals surface area (Å²) in [5.41, 5.74) is 14.1. The number of sulfonamides is 1. The van der Waals surface area contributed by atoms with E-state index in [4.69, 9.17) is 23.1 Å². The summed E-state index contributed by atoms with van der Waals surface area (Å²) in [7, 11) is -4.07. The Hall–Kier alpha value is -2.78. The van der Waals surface area contributed by atoms with Gasteiger partial charge < -0.3 is 11.5 Å². The van der Waals surface area contributed by atoms with Gasteiger partial charge in [-0.1, -0.05) is 41.8 Å². The number of hydrogen-bond donors (Lipinski definition) is 3. The summed E-state index contributed by atoms with van der Waals surface area (Å²) in [6.07, 6.45) is 4.27. The number of aliphatic imine (C=N–C) groups is 2. The van der Waals surface area contributed by atoms with Gasteiger partial charge in [0, 0.05) is 0 Å². The molecule has 2 aromatic rings. The van der Waals surface area contributed by atoms with Gasteiger partial charge in [-0.25, -0.2) is 13.4 Å². The van der Waals surface area contributed by atoms with Gasteiger partial charge in [-0.05, 0) is 63.3 Å². The van der Waals surface area contributed by atoms with Gasteiger partial charge in [0.2, 0.25) is 11.9 Å². The molecule has 0 bridgehead atoms. The van der Waals surface area contributed by atoms with Crippen LogP contribution in [0.5, 0.6) is 0 Å². The van der Waals surface area contributed by atoms with Crippen molar-refractivity contribution in [2.24, 2.45) is 21.5 Å². The summed E-state index contributed by atoms with van der Waals surface area (Å²) in [4.78, 5) is 10.4. The Morgan fingerprint density at radius 1 is 1.09 bits per heavy atom. The van der Waals surface area contributed by atoms with Crippen molar-refractivity contribution in [3.05, 3.63) is 52.5 Å². The lowest BCUT2D eigenvalue weighted by atomic mass is 9.87. The van der Waals surface area contributed by atoms with Crippen LogP contribution in [-0.2, 0) is 10.0 Å². The van der Waals surface area contributed by atoms with Gasteiger partial charge in [0.25, 0.3) is 10.0 Å². The molecule has 10 heteroatoms. The maximum atomic E-state index is 13.6. The Balaban J connectivity index is 1.85. The zero-order valence-electron chi connectivity index (χ0n) is 18.1. The molecule has 1 aliphatic carbocycles. The van der Waals surface area contributed by atoms with Crippen LogP contribution >= 0.6 is 11.6 Å². The average molecular weight is 475 g/mol. The fraction of sp³-hybridized carbons (Fsp3) is 0.364. The van der Waals surface area contributed by atoms with Crippen molar-refractivity contribution in [3.63, 3.8) is 0 Å². The third-order valence-electron chi connectivity index (χ3n) is 5.93. The zero-order valence-corrected chi connectivity index (χ0v) is 19.7. The highest BCUT2D eigenvalue weighted by atomic mass is 35.5. The normalized spacial score (nSPS) is 18.3. The van der Waals surface area contributed by atoms with Crippen LogP contribution < -0.4 is 21.1 Å². The molecule has 1 heterocycles. The van der Waals surface area contributed by atoms with Crippen LogP contribution in [0.1, 0.15) is 43.2 Å². The molecule has 0 aromatic heterocycles. The quantitative estimate of drug-likeness (QED) is 0.620. The third kappa shape index (κ3) is 4.02. The number of guanidine groups is 2. The number of benzene rings is 2. The molecular weight excluding hydrogens is 448 g/mol. The highest BCUT2D eigenvalue weighted by molar-refractivity contribution is 7.93. The van der Waals surface area contributed by atoms with Gasteiger partial charge in [0.1, 0.15) is 10.6 Å². The van der Waals surface area contributed by atoms with Gasteiger partial charge in [0.05, 0.1) is 16.4 Å². The first kappa shape index (κ1) is 22.4. The van der Waals surface area contributed by atoms with Crippen LogP contribution in [-0.4, -0.2) is 26.0 Å². The molecule has 0 radical (unpaired) electrons. The van der Waals surface area contributed by atoms with E-state index in [2.05, 4.69) is 14.7 Å². The predicted octanol–water partition coefficient (Wildman–Crippen LogP) is 3.87. The minimum Gasteiger partial charge on any atom is -0.369 e. The van der Waals surface area contributed by atoms with E-state index in [9.17, 15) is 8.42 Å².